The van der Waals surface area contributed by atoms with Crippen molar-refractivity contribution in [1.82, 2.24) is 10.2 Å². The third-order valence-electron chi connectivity index (χ3n) is 2.27. The van der Waals surface area contributed by atoms with Gasteiger partial charge in [0.2, 0.25) is 0 Å². The Labute approximate surface area is 93.0 Å². The van der Waals surface area contributed by atoms with Crippen LogP contribution in [0.2, 0.25) is 5.02 Å². The fraction of sp³-hybridized carbons (Fsp3) is 0.182. The molecule has 0 saturated heterocycles. The molecule has 2 aromatic rings. The highest BCUT2D eigenvalue weighted by molar-refractivity contribution is 6.31. The highest BCUT2D eigenvalue weighted by atomic mass is 35.5. The van der Waals surface area contributed by atoms with E-state index in [1.165, 1.54) is 0 Å². The van der Waals surface area contributed by atoms with Crippen LogP contribution in [0.4, 0.5) is 0 Å². The number of aryl methyl sites for hydroxylation is 1. The van der Waals surface area contributed by atoms with Crippen molar-refractivity contribution in [3.8, 4) is 17.0 Å². The predicted molar refractivity (Wildman–Crippen MR) is 60.3 cm³/mol. The molecule has 1 aromatic heterocycles. The molecule has 3 nitrogen and oxygen atoms in total. The molecule has 4 heteroatoms. The fourth-order valence-electron chi connectivity index (χ4n) is 1.44. The van der Waals surface area contributed by atoms with E-state index in [1.54, 1.807) is 13.3 Å². The number of aromatic nitrogens is 2. The van der Waals surface area contributed by atoms with Crippen LogP contribution in [0.25, 0.3) is 11.3 Å². The number of hydrogen-bond donors (Lipinski definition) is 1. The lowest BCUT2D eigenvalue weighted by Gasteiger charge is -2.09. The molecule has 0 aliphatic heterocycles. The van der Waals surface area contributed by atoms with Crippen molar-refractivity contribution in [2.45, 2.75) is 6.92 Å². The van der Waals surface area contributed by atoms with Crippen LogP contribution in [0.1, 0.15) is 5.56 Å². The molecule has 0 aliphatic carbocycles. The van der Waals surface area contributed by atoms with Gasteiger partial charge in [-0.25, -0.2) is 0 Å². The van der Waals surface area contributed by atoms with Crippen molar-refractivity contribution in [2.24, 2.45) is 0 Å². The molecular formula is C11H11ClN2O. The highest BCUT2D eigenvalue weighted by Gasteiger charge is 2.09. The summed E-state index contributed by atoms with van der Waals surface area (Å²) < 4.78 is 5.30. The SMILES string of the molecule is COc1cc(C)c(Cl)cc1-c1ccn[nH]1. The Kier molecular flexibility index (Phi) is 2.64. The predicted octanol–water partition coefficient (Wildman–Crippen LogP) is 3.05. The van der Waals surface area contributed by atoms with E-state index in [4.69, 9.17) is 16.3 Å². The summed E-state index contributed by atoms with van der Waals surface area (Å²) in [6.45, 7) is 1.95. The van der Waals surface area contributed by atoms with Gasteiger partial charge in [-0.3, -0.25) is 5.10 Å². The molecule has 0 amide bonds. The number of hydrogen-bond acceptors (Lipinski definition) is 2. The number of aromatic amines is 1. The topological polar surface area (TPSA) is 37.9 Å². The molecule has 2 rings (SSSR count). The van der Waals surface area contributed by atoms with Gasteiger partial charge >= 0.3 is 0 Å². The molecule has 0 atom stereocenters. The van der Waals surface area contributed by atoms with Gasteiger partial charge in [-0.2, -0.15) is 5.10 Å². The standard InChI is InChI=1S/C11H11ClN2O/c1-7-5-11(15-2)8(6-9(7)12)10-3-4-13-14-10/h3-6H,1-2H3,(H,13,14). The van der Waals surface area contributed by atoms with Gasteiger partial charge < -0.3 is 4.74 Å². The molecule has 1 heterocycles. The zero-order chi connectivity index (χ0) is 10.8. The zero-order valence-electron chi connectivity index (χ0n) is 8.54. The number of ether oxygens (including phenoxy) is 1. The molecule has 78 valence electrons. The lowest BCUT2D eigenvalue weighted by atomic mass is 10.1. The van der Waals surface area contributed by atoms with Gasteiger partial charge in [0.05, 0.1) is 12.8 Å². The summed E-state index contributed by atoms with van der Waals surface area (Å²) in [6.07, 6.45) is 1.70. The van der Waals surface area contributed by atoms with E-state index < -0.39 is 0 Å². The summed E-state index contributed by atoms with van der Waals surface area (Å²) in [4.78, 5) is 0. The monoisotopic (exact) mass is 222 g/mol. The van der Waals surface area contributed by atoms with Gasteiger partial charge in [0.15, 0.2) is 0 Å². The second kappa shape index (κ2) is 3.95. The van der Waals surface area contributed by atoms with E-state index in [-0.39, 0.29) is 0 Å². The molecule has 15 heavy (non-hydrogen) atoms. The Bertz CT molecular complexity index is 466. The van der Waals surface area contributed by atoms with Gasteiger partial charge in [-0.05, 0) is 30.7 Å². The van der Waals surface area contributed by atoms with Gasteiger partial charge in [0.25, 0.3) is 0 Å². The summed E-state index contributed by atoms with van der Waals surface area (Å²) in [6, 6.07) is 5.67. The summed E-state index contributed by atoms with van der Waals surface area (Å²) in [5.41, 5.74) is 2.82. The van der Waals surface area contributed by atoms with Crippen molar-refractivity contribution in [1.29, 1.82) is 0 Å². The lowest BCUT2D eigenvalue weighted by molar-refractivity contribution is 0.416. The van der Waals surface area contributed by atoms with E-state index >= 15 is 0 Å². The van der Waals surface area contributed by atoms with Gasteiger partial charge in [0, 0.05) is 16.8 Å². The van der Waals surface area contributed by atoms with E-state index in [9.17, 15) is 0 Å². The van der Waals surface area contributed by atoms with Crippen molar-refractivity contribution >= 4 is 11.6 Å². The average Bonchev–Trinajstić information content (AvgIpc) is 2.74. The highest BCUT2D eigenvalue weighted by Crippen LogP contribution is 2.33. The van der Waals surface area contributed by atoms with Crippen LogP contribution in [0.3, 0.4) is 0 Å². The minimum absolute atomic E-state index is 0.723. The molecule has 0 saturated carbocycles. The Morgan fingerprint density at radius 1 is 1.40 bits per heavy atom. The van der Waals surface area contributed by atoms with Crippen molar-refractivity contribution in [2.75, 3.05) is 7.11 Å². The number of nitrogens with one attached hydrogen (secondary N) is 1. The molecule has 0 unspecified atom stereocenters. The normalized spacial score (nSPS) is 10.3. The van der Waals surface area contributed by atoms with Crippen LogP contribution in [-0.4, -0.2) is 17.3 Å². The molecule has 0 spiro atoms. The van der Waals surface area contributed by atoms with Crippen LogP contribution in [0.5, 0.6) is 5.75 Å². The first-order valence-electron chi connectivity index (χ1n) is 4.56. The minimum Gasteiger partial charge on any atom is -0.496 e. The third kappa shape index (κ3) is 1.83. The van der Waals surface area contributed by atoms with Crippen molar-refractivity contribution in [3.63, 3.8) is 0 Å². The van der Waals surface area contributed by atoms with Crippen LogP contribution in [0, 0.1) is 6.92 Å². The maximum absolute atomic E-state index is 6.07. The minimum atomic E-state index is 0.723. The molecule has 0 bridgehead atoms. The van der Waals surface area contributed by atoms with E-state index in [1.807, 2.05) is 25.1 Å². The quantitative estimate of drug-likeness (QED) is 0.848. The lowest BCUT2D eigenvalue weighted by Crippen LogP contribution is -1.90. The Morgan fingerprint density at radius 3 is 2.80 bits per heavy atom. The van der Waals surface area contributed by atoms with Gasteiger partial charge in [0.1, 0.15) is 5.75 Å². The summed E-state index contributed by atoms with van der Waals surface area (Å²) >= 11 is 6.07. The average molecular weight is 223 g/mol. The van der Waals surface area contributed by atoms with E-state index in [2.05, 4.69) is 10.2 Å². The number of nitrogens with zero attached hydrogens (tertiary/aromatic N) is 1. The molecule has 0 aliphatic rings. The van der Waals surface area contributed by atoms with Gasteiger partial charge in [-0.1, -0.05) is 11.6 Å². The number of halogens is 1. The van der Waals surface area contributed by atoms with Crippen LogP contribution in [-0.2, 0) is 0 Å². The molecule has 1 N–H and O–H groups in total. The maximum atomic E-state index is 6.07. The van der Waals surface area contributed by atoms with Crippen LogP contribution < -0.4 is 4.74 Å². The molecule has 0 fully saturated rings. The van der Waals surface area contributed by atoms with E-state index in [0.717, 1.165) is 27.6 Å². The van der Waals surface area contributed by atoms with Crippen molar-refractivity contribution < 1.29 is 4.74 Å². The first-order chi connectivity index (χ1) is 7.22. The Balaban J connectivity index is 2.60. The Morgan fingerprint density at radius 2 is 2.20 bits per heavy atom. The van der Waals surface area contributed by atoms with Gasteiger partial charge in [-0.15, -0.1) is 0 Å². The van der Waals surface area contributed by atoms with Crippen molar-refractivity contribution in [3.05, 3.63) is 35.0 Å². The van der Waals surface area contributed by atoms with Crippen LogP contribution >= 0.6 is 11.6 Å². The molecule has 1 aromatic carbocycles. The second-order valence-electron chi connectivity index (χ2n) is 3.27. The number of H-pyrrole nitrogens is 1. The van der Waals surface area contributed by atoms with E-state index in [0.29, 0.717) is 0 Å². The summed E-state index contributed by atoms with van der Waals surface area (Å²) in [5.74, 6) is 0.793. The first-order valence-corrected chi connectivity index (χ1v) is 4.94. The molecular weight excluding hydrogens is 212 g/mol. The summed E-state index contributed by atoms with van der Waals surface area (Å²) in [5, 5.41) is 7.51. The number of methoxy groups -OCH3 is 1. The number of rotatable bonds is 2. The second-order valence-corrected chi connectivity index (χ2v) is 3.68. The Hall–Kier alpha value is -1.48. The largest absolute Gasteiger partial charge is 0.496 e. The zero-order valence-corrected chi connectivity index (χ0v) is 9.30. The third-order valence-corrected chi connectivity index (χ3v) is 2.68. The maximum Gasteiger partial charge on any atom is 0.128 e. The first kappa shape index (κ1) is 10.1. The smallest absolute Gasteiger partial charge is 0.128 e. The van der Waals surface area contributed by atoms with Crippen LogP contribution in [0.15, 0.2) is 24.4 Å². The summed E-state index contributed by atoms with van der Waals surface area (Å²) in [7, 11) is 1.64. The number of benzene rings is 1. The fourth-order valence-corrected chi connectivity index (χ4v) is 1.60. The molecule has 0 radical (unpaired) electrons.